The Kier molecular flexibility index (Phi) is 4.62. The summed E-state index contributed by atoms with van der Waals surface area (Å²) < 4.78 is 105. The molecule has 0 unspecified atom stereocenters. The number of nitrogens with one attached hydrogen (secondary N) is 1. The van der Waals surface area contributed by atoms with Crippen molar-refractivity contribution in [3.05, 3.63) is 35.1 Å². The van der Waals surface area contributed by atoms with Crippen molar-refractivity contribution in [3.63, 3.8) is 0 Å². The number of aromatic nitrogens is 5. The Morgan fingerprint density at radius 2 is 2.17 bits per heavy atom. The maximum Gasteiger partial charge on any atom is 0.191 e. The lowest BCUT2D eigenvalue weighted by Crippen LogP contribution is -2.33. The number of aliphatic hydroxyl groups is 3. The molecule has 0 amide bonds. The standard InChI is InChI=1S/C24H31FN6O4S/c1-3-8-36-24-27-22(26-16-10-14(16)13-5-4-12(2)15(25)9-13)19-23(28-24)31(30-29-19)17-11-18(35-7-6-32)21(34)20(17)33/h4-5,9,14,16-18,20-21,32-34H,3,6-8,10-11H2,1-2H3,(H,26,27,28)/t14-,16+,17+,18-,20-,21+/m0/s1/i8D2,10D2,11D2,17D,18D,20D,21D. The highest BCUT2D eigenvalue weighted by atomic mass is 32.2. The molecule has 0 radical (unpaired) electrons. The summed E-state index contributed by atoms with van der Waals surface area (Å²) in [6.07, 6.45) is -17.0. The van der Waals surface area contributed by atoms with Crippen LogP contribution in [0.1, 0.15) is 62.9 Å². The Labute approximate surface area is 226 Å². The largest absolute Gasteiger partial charge is 0.394 e. The topological polar surface area (TPSA) is 138 Å². The van der Waals surface area contributed by atoms with Gasteiger partial charge < -0.3 is 25.4 Å². The molecule has 6 atom stereocenters. The van der Waals surface area contributed by atoms with Crippen LogP contribution in [0.4, 0.5) is 10.2 Å². The second-order valence-corrected chi connectivity index (χ2v) is 8.83. The fourth-order valence-electron chi connectivity index (χ4n) is 3.58. The molecule has 4 N–H and O–H groups in total. The number of hydrogen-bond acceptors (Lipinski definition) is 10. The van der Waals surface area contributed by atoms with Gasteiger partial charge in [-0.05, 0) is 36.9 Å². The molecule has 12 heteroatoms. The van der Waals surface area contributed by atoms with Crippen LogP contribution < -0.4 is 5.32 Å². The van der Waals surface area contributed by atoms with Crippen LogP contribution in [0.3, 0.4) is 0 Å². The predicted octanol–water partition coefficient (Wildman–Crippen LogP) is 2.18. The number of thioether (sulfide) groups is 1. The van der Waals surface area contributed by atoms with Gasteiger partial charge >= 0.3 is 0 Å². The average molecular weight is 529 g/mol. The van der Waals surface area contributed by atoms with Gasteiger partial charge in [0.25, 0.3) is 0 Å². The zero-order valence-corrected chi connectivity index (χ0v) is 20.1. The number of halogens is 1. The first-order chi connectivity index (χ1) is 21.1. The van der Waals surface area contributed by atoms with Crippen molar-refractivity contribution in [2.45, 2.75) is 74.4 Å². The summed E-state index contributed by atoms with van der Waals surface area (Å²) >= 11 is 0.506. The molecule has 2 aliphatic carbocycles. The van der Waals surface area contributed by atoms with Gasteiger partial charge in [-0.2, -0.15) is 0 Å². The van der Waals surface area contributed by atoms with Gasteiger partial charge in [0.15, 0.2) is 22.1 Å². The zero-order chi connectivity index (χ0) is 34.5. The minimum Gasteiger partial charge on any atom is -0.394 e. The lowest BCUT2D eigenvalue weighted by atomic mass is 10.1. The van der Waals surface area contributed by atoms with Gasteiger partial charge in [0.1, 0.15) is 18.0 Å². The van der Waals surface area contributed by atoms with E-state index in [-0.39, 0.29) is 27.6 Å². The Balaban J connectivity index is 1.68. The van der Waals surface area contributed by atoms with E-state index in [0.717, 1.165) is 0 Å². The fourth-order valence-corrected chi connectivity index (χ4v) is 4.12. The molecule has 0 saturated heterocycles. The van der Waals surface area contributed by atoms with Crippen LogP contribution >= 0.6 is 11.8 Å². The van der Waals surface area contributed by atoms with Crippen molar-refractivity contribution >= 4 is 28.7 Å². The van der Waals surface area contributed by atoms with Crippen molar-refractivity contribution in [2.75, 3.05) is 24.2 Å². The zero-order valence-electron chi connectivity index (χ0n) is 29.3. The number of aryl methyl sites for hydroxylation is 1. The van der Waals surface area contributed by atoms with Crippen LogP contribution in [0.25, 0.3) is 11.2 Å². The molecule has 3 aromatic rings. The maximum absolute atomic E-state index is 14.3. The number of hydrogen-bond donors (Lipinski definition) is 4. The number of rotatable bonds is 10. The molecule has 2 saturated carbocycles. The van der Waals surface area contributed by atoms with E-state index in [1.165, 1.54) is 12.1 Å². The van der Waals surface area contributed by atoms with Crippen molar-refractivity contribution in [1.82, 2.24) is 25.0 Å². The van der Waals surface area contributed by atoms with Crippen LogP contribution in [0.5, 0.6) is 0 Å². The lowest BCUT2D eigenvalue weighted by molar-refractivity contribution is -0.0629. The summed E-state index contributed by atoms with van der Waals surface area (Å²) in [7, 11) is 0. The van der Waals surface area contributed by atoms with E-state index >= 15 is 0 Å². The van der Waals surface area contributed by atoms with E-state index in [1.807, 2.05) is 0 Å². The van der Waals surface area contributed by atoms with Crippen molar-refractivity contribution in [2.24, 2.45) is 0 Å². The number of anilines is 1. The Hall–Kier alpha value is -2.38. The first kappa shape index (κ1) is 15.8. The molecule has 2 aromatic heterocycles. The molecule has 36 heavy (non-hydrogen) atoms. The number of benzene rings is 1. The smallest absolute Gasteiger partial charge is 0.191 e. The third-order valence-electron chi connectivity index (χ3n) is 5.46. The molecule has 5 rings (SSSR count). The minimum absolute atomic E-state index is 0.0294. The van der Waals surface area contributed by atoms with Crippen LogP contribution in [0.2, 0.25) is 0 Å². The Bertz CT molecular complexity index is 1690. The average Bonchev–Trinajstić information content (AvgIpc) is 3.24. The number of nitrogens with zero attached hydrogens (tertiary/aromatic N) is 5. The highest BCUT2D eigenvalue weighted by Crippen LogP contribution is 2.44. The normalized spacial score (nSPS) is 43.1. The third kappa shape index (κ3) is 4.92. The third-order valence-corrected chi connectivity index (χ3v) is 6.26. The quantitative estimate of drug-likeness (QED) is 0.229. The molecule has 0 aliphatic heterocycles. The molecule has 2 aliphatic rings. The highest BCUT2D eigenvalue weighted by molar-refractivity contribution is 7.99. The van der Waals surface area contributed by atoms with E-state index in [1.54, 1.807) is 19.9 Å². The fraction of sp³-hybridized carbons (Fsp3) is 0.583. The van der Waals surface area contributed by atoms with E-state index < -0.39 is 79.3 Å². The summed E-state index contributed by atoms with van der Waals surface area (Å²) in [6.45, 7) is 1.49. The number of aliphatic hydroxyl groups excluding tert-OH is 1. The summed E-state index contributed by atoms with van der Waals surface area (Å²) in [4.78, 5) is 8.45. The first-order valence-corrected chi connectivity index (χ1v) is 11.9. The van der Waals surface area contributed by atoms with Crippen LogP contribution in [0.15, 0.2) is 23.4 Å². The molecule has 2 heterocycles. The minimum atomic E-state index is -3.92. The van der Waals surface area contributed by atoms with Crippen molar-refractivity contribution in [3.8, 4) is 0 Å². The van der Waals surface area contributed by atoms with Crippen molar-refractivity contribution in [1.29, 1.82) is 0 Å². The van der Waals surface area contributed by atoms with Crippen LogP contribution in [0, 0.1) is 12.7 Å². The van der Waals surface area contributed by atoms with E-state index in [0.29, 0.717) is 22.9 Å². The van der Waals surface area contributed by atoms with Gasteiger partial charge in [-0.15, -0.1) is 5.10 Å². The van der Waals surface area contributed by atoms with E-state index in [9.17, 15) is 19.7 Å². The number of fused-ring (bicyclic) bond motifs is 1. The van der Waals surface area contributed by atoms with Gasteiger partial charge in [0.2, 0.25) is 0 Å². The molecule has 0 spiro atoms. The summed E-state index contributed by atoms with van der Waals surface area (Å²) in [5, 5.41) is 41.4. The molecule has 2 fully saturated rings. The second-order valence-electron chi connectivity index (χ2n) is 7.98. The molecular weight excluding hydrogens is 487 g/mol. The van der Waals surface area contributed by atoms with Gasteiger partial charge in [-0.25, -0.2) is 19.0 Å². The summed E-state index contributed by atoms with van der Waals surface area (Å²) in [5.41, 5.74) is -2.23. The Morgan fingerprint density at radius 1 is 1.33 bits per heavy atom. The predicted molar refractivity (Wildman–Crippen MR) is 133 cm³/mol. The highest BCUT2D eigenvalue weighted by Gasteiger charge is 2.45. The van der Waals surface area contributed by atoms with Gasteiger partial charge in [0.05, 0.1) is 30.8 Å². The molecule has 1 aromatic carbocycles. The molecule has 194 valence electrons. The maximum atomic E-state index is 14.3. The van der Waals surface area contributed by atoms with Crippen LogP contribution in [-0.4, -0.2) is 83.5 Å². The van der Waals surface area contributed by atoms with E-state index in [4.69, 9.17) is 18.4 Å². The molecule has 10 nitrogen and oxygen atoms in total. The lowest BCUT2D eigenvalue weighted by Gasteiger charge is -2.17. The monoisotopic (exact) mass is 528 g/mol. The van der Waals surface area contributed by atoms with Gasteiger partial charge in [-0.1, -0.05) is 36.0 Å². The summed E-state index contributed by atoms with van der Waals surface area (Å²) in [5.74, 6) is -1.68. The molecular formula is C24H31FN6O4S. The first-order valence-electron chi connectivity index (χ1n) is 16.1. The van der Waals surface area contributed by atoms with Gasteiger partial charge in [-0.3, -0.25) is 0 Å². The Morgan fingerprint density at radius 3 is 2.92 bits per heavy atom. The second kappa shape index (κ2) is 10.5. The van der Waals surface area contributed by atoms with E-state index in [2.05, 4.69) is 25.6 Å². The summed E-state index contributed by atoms with van der Waals surface area (Å²) in [6, 6.07) is -0.365. The molecule has 0 bridgehead atoms. The SMILES string of the molecule is [2H]C([2H])(CC)Sc1nc(N[C@H]2[C@H](c3ccc(C)c(F)c3)C2([2H])[2H])c2nnn([C@]3([2H])C([2H])([2H])[C@]([2H])(OCCO)[C@@]([2H])(O)[C@@]3([2H])O)c2n1. The van der Waals surface area contributed by atoms with Crippen molar-refractivity contribution < 1.29 is 38.2 Å². The van der Waals surface area contributed by atoms with Crippen LogP contribution in [-0.2, 0) is 4.74 Å². The van der Waals surface area contributed by atoms with Gasteiger partial charge in [0, 0.05) is 32.3 Å². The number of ether oxygens (including phenoxy) is 1.